The van der Waals surface area contributed by atoms with Gasteiger partial charge in [0.15, 0.2) is 0 Å². The number of hydrogen-bond acceptors (Lipinski definition) is 2. The van der Waals surface area contributed by atoms with Crippen LogP contribution in [-0.4, -0.2) is 23.6 Å². The van der Waals surface area contributed by atoms with Crippen molar-refractivity contribution in [2.24, 2.45) is 29.6 Å². The molecule has 0 aromatic heterocycles. The topological polar surface area (TPSA) is 15.3 Å². The summed E-state index contributed by atoms with van der Waals surface area (Å²) >= 11 is 0. The Hall–Kier alpha value is -0.0800. The molecule has 3 saturated carbocycles. The number of nitrogens with one attached hydrogen (secondary N) is 1. The Morgan fingerprint density at radius 1 is 0.536 bits per heavy atom. The largest absolute Gasteiger partial charge is 0.252 e. The molecule has 5 fully saturated rings. The molecule has 7 unspecified atom stereocenters. The number of hydrazine groups is 1. The van der Waals surface area contributed by atoms with Crippen LogP contribution < -0.4 is 5.43 Å². The van der Waals surface area contributed by atoms with Gasteiger partial charge in [0.25, 0.3) is 0 Å². The minimum Gasteiger partial charge on any atom is -0.252 e. The number of hydrogen-bond donors (Lipinski definition) is 1. The molecule has 1 N–H and O–H groups in total. The molecule has 7 atom stereocenters. The zero-order chi connectivity index (χ0) is 18.8. The van der Waals surface area contributed by atoms with Crippen molar-refractivity contribution in [3.8, 4) is 0 Å². The summed E-state index contributed by atoms with van der Waals surface area (Å²) in [7, 11) is 0. The molecule has 0 aromatic carbocycles. The first-order chi connectivity index (χ1) is 13.9. The van der Waals surface area contributed by atoms with Gasteiger partial charge < -0.3 is 0 Å². The van der Waals surface area contributed by atoms with E-state index in [2.05, 4.69) is 10.4 Å². The van der Waals surface area contributed by atoms with Crippen molar-refractivity contribution in [3.05, 3.63) is 0 Å². The number of nitrogens with zero attached hydrogens (tertiary/aromatic N) is 1. The van der Waals surface area contributed by atoms with E-state index in [1.807, 2.05) is 0 Å². The summed E-state index contributed by atoms with van der Waals surface area (Å²) in [4.78, 5) is 0. The fourth-order valence-corrected chi connectivity index (χ4v) is 7.96. The van der Waals surface area contributed by atoms with E-state index in [0.717, 1.165) is 41.7 Å². The monoisotopic (exact) mass is 386 g/mol. The Labute approximate surface area is 174 Å². The molecule has 28 heavy (non-hydrogen) atoms. The molecular formula is C26H46N2. The first-order valence-corrected chi connectivity index (χ1v) is 13.4. The van der Waals surface area contributed by atoms with Crippen LogP contribution in [-0.2, 0) is 0 Å². The molecule has 160 valence electrons. The Balaban J connectivity index is 1.30. The predicted octanol–water partition coefficient (Wildman–Crippen LogP) is 6.70. The second kappa shape index (κ2) is 9.38. The van der Waals surface area contributed by atoms with E-state index in [1.165, 1.54) is 103 Å². The van der Waals surface area contributed by atoms with Crippen LogP contribution in [0.25, 0.3) is 0 Å². The standard InChI is InChI=1S/C26H46N2/c1-2-4-9-21-13-14-22-11-5-6-17-28(26(22)19-21)27-25-16-15-24(25)23-12-7-10-20(18-23)8-3-1/h20-27H,1-19H2. The Bertz CT molecular complexity index is 491. The normalized spacial score (nSPS) is 46.1. The summed E-state index contributed by atoms with van der Waals surface area (Å²) in [6.07, 6.45) is 27.2. The van der Waals surface area contributed by atoms with Gasteiger partial charge in [0.2, 0.25) is 0 Å². The molecule has 5 aliphatic rings. The Morgan fingerprint density at radius 3 is 2.11 bits per heavy atom. The van der Waals surface area contributed by atoms with Gasteiger partial charge in [-0.2, -0.15) is 0 Å². The van der Waals surface area contributed by atoms with Crippen molar-refractivity contribution in [2.45, 2.75) is 128 Å². The second-order valence-corrected chi connectivity index (χ2v) is 11.5. The lowest BCUT2D eigenvalue weighted by molar-refractivity contribution is -0.0179. The van der Waals surface area contributed by atoms with E-state index in [-0.39, 0.29) is 0 Å². The Kier molecular flexibility index (Phi) is 6.65. The van der Waals surface area contributed by atoms with Crippen molar-refractivity contribution in [3.63, 3.8) is 0 Å². The van der Waals surface area contributed by atoms with E-state index in [1.54, 1.807) is 19.3 Å². The van der Waals surface area contributed by atoms with Crippen LogP contribution in [0.15, 0.2) is 0 Å². The van der Waals surface area contributed by atoms with Crippen LogP contribution in [0.5, 0.6) is 0 Å². The van der Waals surface area contributed by atoms with Crippen LogP contribution in [0.1, 0.15) is 116 Å². The van der Waals surface area contributed by atoms with E-state index in [4.69, 9.17) is 0 Å². The number of fused-ring (bicyclic) bond motifs is 5. The maximum absolute atomic E-state index is 4.20. The van der Waals surface area contributed by atoms with Crippen molar-refractivity contribution in [1.82, 2.24) is 10.4 Å². The summed E-state index contributed by atoms with van der Waals surface area (Å²) < 4.78 is 0. The van der Waals surface area contributed by atoms with E-state index < -0.39 is 0 Å². The van der Waals surface area contributed by atoms with Crippen LogP contribution >= 0.6 is 0 Å². The summed E-state index contributed by atoms with van der Waals surface area (Å²) in [6.45, 7) is 1.32. The van der Waals surface area contributed by atoms with Gasteiger partial charge in [-0.25, -0.2) is 5.01 Å². The smallest absolute Gasteiger partial charge is 0.0274 e. The third-order valence-corrected chi connectivity index (χ3v) is 9.75. The van der Waals surface area contributed by atoms with Crippen molar-refractivity contribution in [1.29, 1.82) is 0 Å². The quantitative estimate of drug-likeness (QED) is 0.498. The second-order valence-electron chi connectivity index (χ2n) is 11.5. The molecule has 2 heteroatoms. The first kappa shape index (κ1) is 19.9. The maximum Gasteiger partial charge on any atom is 0.0274 e. The van der Waals surface area contributed by atoms with Gasteiger partial charge in [0, 0.05) is 18.6 Å². The summed E-state index contributed by atoms with van der Waals surface area (Å²) in [5.41, 5.74) is 4.20. The van der Waals surface area contributed by atoms with Crippen molar-refractivity contribution < 1.29 is 0 Å². The van der Waals surface area contributed by atoms with E-state index >= 15 is 0 Å². The molecule has 5 rings (SSSR count). The van der Waals surface area contributed by atoms with Crippen LogP contribution in [0.2, 0.25) is 0 Å². The molecule has 0 aromatic rings. The molecule has 3 aliphatic carbocycles. The molecule has 2 nitrogen and oxygen atoms in total. The third-order valence-electron chi connectivity index (χ3n) is 9.75. The summed E-state index contributed by atoms with van der Waals surface area (Å²) in [6, 6.07) is 1.67. The van der Waals surface area contributed by atoms with Crippen LogP contribution in [0.4, 0.5) is 0 Å². The lowest BCUT2D eigenvalue weighted by Gasteiger charge is -2.50. The van der Waals surface area contributed by atoms with E-state index in [9.17, 15) is 0 Å². The van der Waals surface area contributed by atoms with Gasteiger partial charge in [-0.3, -0.25) is 5.43 Å². The molecule has 2 aliphatic heterocycles. The van der Waals surface area contributed by atoms with Gasteiger partial charge in [-0.15, -0.1) is 0 Å². The average Bonchev–Trinajstić information content (AvgIpc) is 2.89. The zero-order valence-corrected chi connectivity index (χ0v) is 18.4. The first-order valence-electron chi connectivity index (χ1n) is 13.4. The fourth-order valence-electron chi connectivity index (χ4n) is 7.96. The van der Waals surface area contributed by atoms with Crippen LogP contribution in [0.3, 0.4) is 0 Å². The lowest BCUT2D eigenvalue weighted by atomic mass is 9.64. The molecule has 0 radical (unpaired) electrons. The minimum atomic E-state index is 0.816. The van der Waals surface area contributed by atoms with Gasteiger partial charge in [-0.1, -0.05) is 70.6 Å². The highest BCUT2D eigenvalue weighted by atomic mass is 15.5. The summed E-state index contributed by atoms with van der Waals surface area (Å²) in [5, 5.41) is 2.83. The van der Waals surface area contributed by atoms with Crippen LogP contribution in [0, 0.1) is 29.6 Å². The highest BCUT2D eigenvalue weighted by molar-refractivity contribution is 4.95. The lowest BCUT2D eigenvalue weighted by Crippen LogP contribution is -2.59. The highest BCUT2D eigenvalue weighted by Crippen LogP contribution is 2.45. The molecule has 4 bridgehead atoms. The molecule has 0 amide bonds. The SMILES string of the molecule is C1CCCC2CCC3CCCCN(NC4CCC4C4CCCC(CC1)C4)C3C2. The third kappa shape index (κ3) is 4.48. The summed E-state index contributed by atoms with van der Waals surface area (Å²) in [5.74, 6) is 5.11. The number of rotatable bonds is 0. The minimum absolute atomic E-state index is 0.816. The highest BCUT2D eigenvalue weighted by Gasteiger charge is 2.42. The fraction of sp³-hybridized carbons (Fsp3) is 1.00. The van der Waals surface area contributed by atoms with Gasteiger partial charge in [-0.05, 0) is 74.5 Å². The predicted molar refractivity (Wildman–Crippen MR) is 118 cm³/mol. The molecule has 0 spiro atoms. The average molecular weight is 387 g/mol. The van der Waals surface area contributed by atoms with Crippen molar-refractivity contribution in [2.75, 3.05) is 6.54 Å². The molecule has 2 saturated heterocycles. The van der Waals surface area contributed by atoms with Gasteiger partial charge in [0.05, 0.1) is 0 Å². The zero-order valence-electron chi connectivity index (χ0n) is 18.4. The van der Waals surface area contributed by atoms with Gasteiger partial charge in [0.1, 0.15) is 0 Å². The molecule has 2 heterocycles. The van der Waals surface area contributed by atoms with Gasteiger partial charge >= 0.3 is 0 Å². The van der Waals surface area contributed by atoms with E-state index in [0.29, 0.717) is 0 Å². The molecular weight excluding hydrogens is 340 g/mol. The maximum atomic E-state index is 4.20. The van der Waals surface area contributed by atoms with Crippen molar-refractivity contribution >= 4 is 0 Å². The Morgan fingerprint density at radius 2 is 1.29 bits per heavy atom.